The third kappa shape index (κ3) is 6.60. The molecule has 0 saturated heterocycles. The number of hydrogen-bond donors (Lipinski definition) is 1. The maximum atomic E-state index is 13.0. The highest BCUT2D eigenvalue weighted by molar-refractivity contribution is 7.92. The smallest absolute Gasteiger partial charge is 0.262 e. The molecule has 0 fully saturated rings. The van der Waals surface area contributed by atoms with Crippen molar-refractivity contribution in [3.8, 4) is 16.9 Å². The van der Waals surface area contributed by atoms with Crippen molar-refractivity contribution in [2.45, 2.75) is 58.8 Å². The second-order valence-corrected chi connectivity index (χ2v) is 9.62. The molecule has 5 heteroatoms. The Morgan fingerprint density at radius 3 is 2.09 bits per heavy atom. The molecule has 3 aromatic rings. The van der Waals surface area contributed by atoms with Gasteiger partial charge in [0, 0.05) is 0 Å². The quantitative estimate of drug-likeness (QED) is 0.413. The van der Waals surface area contributed by atoms with Crippen molar-refractivity contribution in [1.82, 2.24) is 0 Å². The van der Waals surface area contributed by atoms with Gasteiger partial charge in [-0.2, -0.15) is 0 Å². The van der Waals surface area contributed by atoms with Crippen LogP contribution in [0.1, 0.15) is 50.3 Å². The van der Waals surface area contributed by atoms with Gasteiger partial charge in [0.15, 0.2) is 0 Å². The summed E-state index contributed by atoms with van der Waals surface area (Å²) in [5.74, 6) is 0.501. The summed E-state index contributed by atoms with van der Waals surface area (Å²) in [6.45, 7) is 10.3. The number of nitrogens with one attached hydrogen (secondary N) is 1. The number of hydrogen-bond acceptors (Lipinski definition) is 3. The monoisotopic (exact) mass is 453 g/mol. The Morgan fingerprint density at radius 1 is 0.875 bits per heavy atom. The zero-order valence-corrected chi connectivity index (χ0v) is 20.8. The van der Waals surface area contributed by atoms with Crippen LogP contribution >= 0.6 is 0 Å². The lowest BCUT2D eigenvalue weighted by molar-refractivity contribution is 0.416. The van der Waals surface area contributed by atoms with E-state index in [1.165, 1.54) is 19.1 Å². The maximum absolute atomic E-state index is 13.0. The van der Waals surface area contributed by atoms with Crippen molar-refractivity contribution in [3.05, 3.63) is 77.4 Å². The van der Waals surface area contributed by atoms with E-state index in [1.54, 1.807) is 18.2 Å². The highest BCUT2D eigenvalue weighted by Crippen LogP contribution is 2.30. The number of methoxy groups -OCH3 is 1. The van der Waals surface area contributed by atoms with Crippen molar-refractivity contribution in [2.24, 2.45) is 0 Å². The van der Waals surface area contributed by atoms with E-state index in [4.69, 9.17) is 4.74 Å². The van der Waals surface area contributed by atoms with Crippen molar-refractivity contribution < 1.29 is 13.2 Å². The van der Waals surface area contributed by atoms with E-state index in [2.05, 4.69) is 37.6 Å². The average Bonchev–Trinajstić information content (AvgIpc) is 2.75. The minimum atomic E-state index is -3.74. The minimum Gasteiger partial charge on any atom is -0.495 e. The Labute approximate surface area is 193 Å². The fourth-order valence-corrected chi connectivity index (χ4v) is 4.49. The van der Waals surface area contributed by atoms with E-state index in [0.717, 1.165) is 35.1 Å². The van der Waals surface area contributed by atoms with Gasteiger partial charge in [-0.05, 0) is 66.8 Å². The summed E-state index contributed by atoms with van der Waals surface area (Å²) in [5.41, 5.74) is 5.71. The second-order valence-electron chi connectivity index (χ2n) is 7.94. The van der Waals surface area contributed by atoms with E-state index in [-0.39, 0.29) is 4.90 Å². The van der Waals surface area contributed by atoms with Crippen LogP contribution in [0, 0.1) is 13.8 Å². The summed E-state index contributed by atoms with van der Waals surface area (Å²) in [5, 5.41) is 0. The molecule has 3 rings (SSSR count). The molecule has 0 aromatic heterocycles. The Balaban J connectivity index is 0.00000114. The topological polar surface area (TPSA) is 55.4 Å². The van der Waals surface area contributed by atoms with Crippen LogP contribution in [-0.4, -0.2) is 15.5 Å². The van der Waals surface area contributed by atoms with Gasteiger partial charge in [0.2, 0.25) is 0 Å². The van der Waals surface area contributed by atoms with Gasteiger partial charge in [-0.25, -0.2) is 8.42 Å². The fraction of sp³-hybridized carbons (Fsp3) is 0.333. The van der Waals surface area contributed by atoms with Gasteiger partial charge >= 0.3 is 0 Å². The molecule has 0 aliphatic carbocycles. The van der Waals surface area contributed by atoms with Crippen LogP contribution < -0.4 is 9.46 Å². The first kappa shape index (κ1) is 25.5. The first-order valence-corrected chi connectivity index (χ1v) is 12.6. The Bertz CT molecular complexity index is 1120. The largest absolute Gasteiger partial charge is 0.495 e. The standard InChI is InChI=1S/C24H27NO3S.C3H8/c1-5-6-19-9-14-24(28-4)23(16-19)25-29(26,27)21-12-13-22(18(3)15-21)20-10-7-17(2)8-11-20;1-3-2/h7-16,25H,5-6H2,1-4H3;3H2,1-2H3. The van der Waals surface area contributed by atoms with Crippen molar-refractivity contribution in [3.63, 3.8) is 0 Å². The predicted octanol–water partition coefficient (Wildman–Crippen LogP) is 7.15. The lowest BCUT2D eigenvalue weighted by atomic mass is 10.00. The number of aryl methyl sites for hydroxylation is 3. The molecular weight excluding hydrogens is 418 g/mol. The van der Waals surface area contributed by atoms with Gasteiger partial charge in [0.25, 0.3) is 10.0 Å². The zero-order chi connectivity index (χ0) is 23.7. The minimum absolute atomic E-state index is 0.230. The maximum Gasteiger partial charge on any atom is 0.262 e. The summed E-state index contributed by atoms with van der Waals surface area (Å²) in [4.78, 5) is 0.230. The molecule has 0 amide bonds. The lowest BCUT2D eigenvalue weighted by Crippen LogP contribution is -2.14. The van der Waals surface area contributed by atoms with Gasteiger partial charge in [-0.15, -0.1) is 0 Å². The first-order valence-electron chi connectivity index (χ1n) is 11.1. The average molecular weight is 454 g/mol. The number of sulfonamides is 1. The van der Waals surface area contributed by atoms with Crippen LogP contribution in [-0.2, 0) is 16.4 Å². The Kier molecular flexibility index (Phi) is 9.33. The molecular formula is C27H35NO3S. The highest BCUT2D eigenvalue weighted by atomic mass is 32.2. The van der Waals surface area contributed by atoms with E-state index in [9.17, 15) is 8.42 Å². The molecule has 0 aliphatic rings. The van der Waals surface area contributed by atoms with E-state index >= 15 is 0 Å². The molecule has 172 valence electrons. The molecule has 0 saturated carbocycles. The number of anilines is 1. The summed E-state index contributed by atoms with van der Waals surface area (Å²) >= 11 is 0. The molecule has 0 aliphatic heterocycles. The summed E-state index contributed by atoms with van der Waals surface area (Å²) < 4.78 is 34.1. The van der Waals surface area contributed by atoms with Crippen molar-refractivity contribution in [2.75, 3.05) is 11.8 Å². The first-order chi connectivity index (χ1) is 15.2. The Morgan fingerprint density at radius 2 is 1.53 bits per heavy atom. The second kappa shape index (κ2) is 11.7. The van der Waals surface area contributed by atoms with Gasteiger partial charge in [-0.1, -0.05) is 75.6 Å². The van der Waals surface area contributed by atoms with Crippen LogP contribution in [0.5, 0.6) is 5.75 Å². The number of ether oxygens (including phenoxy) is 1. The normalized spacial score (nSPS) is 10.8. The molecule has 1 N–H and O–H groups in total. The summed E-state index contributed by atoms with van der Waals surface area (Å²) in [7, 11) is -2.20. The fourth-order valence-electron chi connectivity index (χ4n) is 3.34. The molecule has 32 heavy (non-hydrogen) atoms. The van der Waals surface area contributed by atoms with E-state index < -0.39 is 10.0 Å². The third-order valence-corrected chi connectivity index (χ3v) is 6.28. The van der Waals surface area contributed by atoms with Crippen molar-refractivity contribution in [1.29, 1.82) is 0 Å². The van der Waals surface area contributed by atoms with Crippen LogP contribution in [0.3, 0.4) is 0 Å². The molecule has 0 unspecified atom stereocenters. The van der Waals surface area contributed by atoms with E-state index in [1.807, 2.05) is 44.2 Å². The molecule has 0 spiro atoms. The molecule has 0 heterocycles. The van der Waals surface area contributed by atoms with Crippen molar-refractivity contribution >= 4 is 15.7 Å². The zero-order valence-electron chi connectivity index (χ0n) is 20.0. The molecule has 4 nitrogen and oxygen atoms in total. The molecule has 0 atom stereocenters. The van der Waals surface area contributed by atoms with Gasteiger partial charge in [0.1, 0.15) is 5.75 Å². The van der Waals surface area contributed by atoms with Crippen LogP contribution in [0.15, 0.2) is 65.6 Å². The van der Waals surface area contributed by atoms with E-state index in [0.29, 0.717) is 11.4 Å². The predicted molar refractivity (Wildman–Crippen MR) is 135 cm³/mol. The molecule has 0 bridgehead atoms. The lowest BCUT2D eigenvalue weighted by Gasteiger charge is -2.15. The van der Waals surface area contributed by atoms with Gasteiger partial charge in [-0.3, -0.25) is 4.72 Å². The van der Waals surface area contributed by atoms with Crippen LogP contribution in [0.2, 0.25) is 0 Å². The summed E-state index contributed by atoms with van der Waals surface area (Å²) in [6.07, 6.45) is 3.11. The van der Waals surface area contributed by atoms with Crippen LogP contribution in [0.25, 0.3) is 11.1 Å². The molecule has 3 aromatic carbocycles. The highest BCUT2D eigenvalue weighted by Gasteiger charge is 2.18. The molecule has 0 radical (unpaired) electrons. The van der Waals surface area contributed by atoms with Crippen LogP contribution in [0.4, 0.5) is 5.69 Å². The third-order valence-electron chi connectivity index (χ3n) is 4.92. The number of rotatable bonds is 7. The SMILES string of the molecule is CCC.CCCc1ccc(OC)c(NS(=O)(=O)c2ccc(-c3ccc(C)cc3)c(C)c2)c1. The van der Waals surface area contributed by atoms with Gasteiger partial charge in [0.05, 0.1) is 17.7 Å². The summed E-state index contributed by atoms with van der Waals surface area (Å²) in [6, 6.07) is 19.0. The number of benzene rings is 3. The Hall–Kier alpha value is -2.79. The van der Waals surface area contributed by atoms with Gasteiger partial charge < -0.3 is 4.74 Å².